The minimum absolute atomic E-state index is 0.475. The van der Waals surface area contributed by atoms with Gasteiger partial charge in [-0.3, -0.25) is 0 Å². The fraction of sp³-hybridized carbons (Fsp3) is 0.150. The number of ether oxygens (including phenoxy) is 2. The molecule has 0 aliphatic carbocycles. The van der Waals surface area contributed by atoms with E-state index in [0.717, 1.165) is 17.2 Å². The van der Waals surface area contributed by atoms with E-state index in [2.05, 4.69) is 26.7 Å². The monoisotopic (exact) mass is 361 g/mol. The predicted octanol–water partition coefficient (Wildman–Crippen LogP) is 3.59. The maximum atomic E-state index is 8.84. The van der Waals surface area contributed by atoms with Crippen LogP contribution in [-0.4, -0.2) is 30.2 Å². The minimum Gasteiger partial charge on any atom is -0.497 e. The van der Waals surface area contributed by atoms with Gasteiger partial charge in [0.1, 0.15) is 23.9 Å². The summed E-state index contributed by atoms with van der Waals surface area (Å²) in [7, 11) is 1.63. The van der Waals surface area contributed by atoms with Crippen LogP contribution in [0.1, 0.15) is 5.56 Å². The van der Waals surface area contributed by atoms with Crippen LogP contribution in [0.25, 0.3) is 0 Å². The summed E-state index contributed by atoms with van der Waals surface area (Å²) in [4.78, 5) is 8.61. The van der Waals surface area contributed by atoms with Gasteiger partial charge in [-0.05, 0) is 54.6 Å². The summed E-state index contributed by atoms with van der Waals surface area (Å²) in [6.07, 6.45) is 1.67. The Morgan fingerprint density at radius 3 is 2.44 bits per heavy atom. The third-order valence-electron chi connectivity index (χ3n) is 3.66. The number of benzene rings is 2. The SMILES string of the molecule is COc1ccc(OCCNc2nccc(Nc3ccc(C#N)cc3)n2)cc1. The lowest BCUT2D eigenvalue weighted by molar-refractivity contribution is 0.331. The topological polar surface area (TPSA) is 92.1 Å². The van der Waals surface area contributed by atoms with E-state index in [1.165, 1.54) is 0 Å². The molecule has 3 aromatic rings. The van der Waals surface area contributed by atoms with Crippen LogP contribution in [0.3, 0.4) is 0 Å². The lowest BCUT2D eigenvalue weighted by atomic mass is 10.2. The highest BCUT2D eigenvalue weighted by Crippen LogP contribution is 2.17. The molecule has 7 nitrogen and oxygen atoms in total. The zero-order valence-corrected chi connectivity index (χ0v) is 14.8. The Balaban J connectivity index is 1.48. The quantitative estimate of drug-likeness (QED) is 0.592. The molecule has 0 saturated heterocycles. The van der Waals surface area contributed by atoms with Gasteiger partial charge in [0.15, 0.2) is 0 Å². The first-order valence-electron chi connectivity index (χ1n) is 8.38. The first-order valence-corrected chi connectivity index (χ1v) is 8.38. The number of rotatable bonds is 8. The molecule has 7 heteroatoms. The maximum absolute atomic E-state index is 8.84. The molecule has 27 heavy (non-hydrogen) atoms. The van der Waals surface area contributed by atoms with Gasteiger partial charge in [-0.2, -0.15) is 10.2 Å². The summed E-state index contributed by atoms with van der Waals surface area (Å²) >= 11 is 0. The van der Waals surface area contributed by atoms with Crippen molar-refractivity contribution in [2.75, 3.05) is 30.9 Å². The Kier molecular flexibility index (Phi) is 6.04. The zero-order chi connectivity index (χ0) is 18.9. The van der Waals surface area contributed by atoms with Crippen LogP contribution in [0.15, 0.2) is 60.8 Å². The van der Waals surface area contributed by atoms with Crippen LogP contribution in [0.5, 0.6) is 11.5 Å². The van der Waals surface area contributed by atoms with E-state index in [1.807, 2.05) is 36.4 Å². The molecule has 0 radical (unpaired) electrons. The van der Waals surface area contributed by atoms with Crippen LogP contribution in [0.4, 0.5) is 17.5 Å². The number of nitrogens with zero attached hydrogens (tertiary/aromatic N) is 3. The molecule has 0 aliphatic heterocycles. The van der Waals surface area contributed by atoms with Crippen LogP contribution in [0, 0.1) is 11.3 Å². The number of hydrogen-bond donors (Lipinski definition) is 2. The summed E-state index contributed by atoms with van der Waals surface area (Å²) in [5, 5.41) is 15.1. The van der Waals surface area contributed by atoms with Crippen molar-refractivity contribution in [3.63, 3.8) is 0 Å². The van der Waals surface area contributed by atoms with Crippen molar-refractivity contribution in [3.8, 4) is 17.6 Å². The number of nitrogens with one attached hydrogen (secondary N) is 2. The number of anilines is 3. The third-order valence-corrected chi connectivity index (χ3v) is 3.66. The smallest absolute Gasteiger partial charge is 0.224 e. The van der Waals surface area contributed by atoms with Crippen LogP contribution >= 0.6 is 0 Å². The van der Waals surface area contributed by atoms with Crippen LogP contribution in [-0.2, 0) is 0 Å². The highest BCUT2D eigenvalue weighted by atomic mass is 16.5. The molecule has 0 bridgehead atoms. The van der Waals surface area contributed by atoms with Crippen molar-refractivity contribution in [1.82, 2.24) is 9.97 Å². The van der Waals surface area contributed by atoms with Crippen molar-refractivity contribution in [1.29, 1.82) is 5.26 Å². The number of methoxy groups -OCH3 is 1. The molecule has 0 spiro atoms. The van der Waals surface area contributed by atoms with Gasteiger partial charge in [0.2, 0.25) is 5.95 Å². The standard InChI is InChI=1S/C20H19N5O2/c1-26-17-6-8-18(9-7-17)27-13-12-23-20-22-11-10-19(25-20)24-16-4-2-15(14-21)3-5-16/h2-11H,12-13H2,1H3,(H2,22,23,24,25). The van der Waals surface area contributed by atoms with Crippen molar-refractivity contribution in [2.24, 2.45) is 0 Å². The highest BCUT2D eigenvalue weighted by Gasteiger charge is 2.01. The van der Waals surface area contributed by atoms with E-state index in [0.29, 0.717) is 30.5 Å². The summed E-state index contributed by atoms with van der Waals surface area (Å²) in [5.74, 6) is 2.73. The maximum Gasteiger partial charge on any atom is 0.224 e. The average Bonchev–Trinajstić information content (AvgIpc) is 2.72. The normalized spacial score (nSPS) is 9.93. The van der Waals surface area contributed by atoms with E-state index < -0.39 is 0 Å². The Hall–Kier alpha value is -3.79. The summed E-state index contributed by atoms with van der Waals surface area (Å²) in [5.41, 5.74) is 1.46. The van der Waals surface area contributed by atoms with Crippen molar-refractivity contribution >= 4 is 17.5 Å². The fourth-order valence-corrected chi connectivity index (χ4v) is 2.29. The molecular weight excluding hydrogens is 342 g/mol. The van der Waals surface area contributed by atoms with Gasteiger partial charge in [0.05, 0.1) is 25.3 Å². The molecule has 0 atom stereocenters. The summed E-state index contributed by atoms with van der Waals surface area (Å²) < 4.78 is 10.8. The lowest BCUT2D eigenvalue weighted by Crippen LogP contribution is -2.13. The molecule has 3 rings (SSSR count). The first-order chi connectivity index (χ1) is 13.3. The molecule has 1 heterocycles. The lowest BCUT2D eigenvalue weighted by Gasteiger charge is -2.10. The summed E-state index contributed by atoms with van der Waals surface area (Å²) in [6.45, 7) is 1.04. The Morgan fingerprint density at radius 2 is 1.74 bits per heavy atom. The number of nitriles is 1. The Labute approximate surface area is 157 Å². The van der Waals surface area contributed by atoms with Crippen molar-refractivity contribution in [3.05, 3.63) is 66.4 Å². The number of aromatic nitrogens is 2. The second-order valence-corrected chi connectivity index (χ2v) is 5.53. The average molecular weight is 361 g/mol. The molecule has 0 saturated carbocycles. The van der Waals surface area contributed by atoms with Gasteiger partial charge in [-0.25, -0.2) is 4.98 Å². The fourth-order valence-electron chi connectivity index (χ4n) is 2.29. The highest BCUT2D eigenvalue weighted by molar-refractivity contribution is 5.57. The van der Waals surface area contributed by atoms with E-state index in [-0.39, 0.29) is 0 Å². The molecule has 2 N–H and O–H groups in total. The second kappa shape index (κ2) is 9.06. The molecule has 0 unspecified atom stereocenters. The molecular formula is C20H19N5O2. The second-order valence-electron chi connectivity index (χ2n) is 5.53. The van der Waals surface area contributed by atoms with Gasteiger partial charge < -0.3 is 20.1 Å². The van der Waals surface area contributed by atoms with Gasteiger partial charge >= 0.3 is 0 Å². The Morgan fingerprint density at radius 1 is 1.00 bits per heavy atom. The van der Waals surface area contributed by atoms with E-state index in [9.17, 15) is 0 Å². The molecule has 2 aromatic carbocycles. The van der Waals surface area contributed by atoms with Gasteiger partial charge in [-0.1, -0.05) is 0 Å². The molecule has 0 fully saturated rings. The van der Waals surface area contributed by atoms with Gasteiger partial charge in [-0.15, -0.1) is 0 Å². The van der Waals surface area contributed by atoms with E-state index >= 15 is 0 Å². The minimum atomic E-state index is 0.475. The van der Waals surface area contributed by atoms with E-state index in [1.54, 1.807) is 31.5 Å². The molecule has 0 amide bonds. The molecule has 1 aromatic heterocycles. The van der Waals surface area contributed by atoms with Crippen LogP contribution in [0.2, 0.25) is 0 Å². The van der Waals surface area contributed by atoms with Crippen molar-refractivity contribution in [2.45, 2.75) is 0 Å². The van der Waals surface area contributed by atoms with Gasteiger partial charge in [0, 0.05) is 11.9 Å². The number of hydrogen-bond acceptors (Lipinski definition) is 7. The first kappa shape index (κ1) is 18.0. The third kappa shape index (κ3) is 5.34. The zero-order valence-electron chi connectivity index (χ0n) is 14.8. The largest absolute Gasteiger partial charge is 0.497 e. The molecule has 136 valence electrons. The van der Waals surface area contributed by atoms with Crippen LogP contribution < -0.4 is 20.1 Å². The molecule has 0 aliphatic rings. The van der Waals surface area contributed by atoms with Gasteiger partial charge in [0.25, 0.3) is 0 Å². The van der Waals surface area contributed by atoms with Crippen molar-refractivity contribution < 1.29 is 9.47 Å². The predicted molar refractivity (Wildman–Crippen MR) is 103 cm³/mol. The van der Waals surface area contributed by atoms with E-state index in [4.69, 9.17) is 14.7 Å². The Bertz CT molecular complexity index is 905. The summed E-state index contributed by atoms with van der Waals surface area (Å²) in [6, 6.07) is 18.4.